The Morgan fingerprint density at radius 1 is 0.957 bits per heavy atom. The Morgan fingerprint density at radius 2 is 1.57 bits per heavy atom. The smallest absolute Gasteiger partial charge is 0.307 e. The SMILES string of the molecule is CC(=O)OC[C@H]1OC(OC(C)=O)C(OC(C)=O)=C[C@@H]1OC(C)=O. The second-order valence-electron chi connectivity index (χ2n) is 4.66. The molecule has 1 heterocycles. The highest BCUT2D eigenvalue weighted by Crippen LogP contribution is 2.24. The van der Waals surface area contributed by atoms with Gasteiger partial charge in [-0.2, -0.15) is 0 Å². The molecule has 0 aromatic heterocycles. The summed E-state index contributed by atoms with van der Waals surface area (Å²) in [5.74, 6) is -2.65. The number of hydrogen-bond donors (Lipinski definition) is 0. The summed E-state index contributed by atoms with van der Waals surface area (Å²) in [5.41, 5.74) is 0. The molecule has 0 N–H and O–H groups in total. The van der Waals surface area contributed by atoms with Crippen molar-refractivity contribution in [3.8, 4) is 0 Å². The van der Waals surface area contributed by atoms with E-state index in [1.807, 2.05) is 0 Å². The van der Waals surface area contributed by atoms with Crippen molar-refractivity contribution in [3.05, 3.63) is 11.8 Å². The van der Waals surface area contributed by atoms with Crippen molar-refractivity contribution in [3.63, 3.8) is 0 Å². The molecule has 9 heteroatoms. The first kappa shape index (κ1) is 18.6. The minimum absolute atomic E-state index is 0.127. The van der Waals surface area contributed by atoms with Crippen molar-refractivity contribution < 1.29 is 42.9 Å². The van der Waals surface area contributed by atoms with Gasteiger partial charge in [0.2, 0.25) is 0 Å². The van der Waals surface area contributed by atoms with Crippen LogP contribution in [-0.2, 0) is 42.9 Å². The van der Waals surface area contributed by atoms with E-state index < -0.39 is 42.4 Å². The van der Waals surface area contributed by atoms with Crippen LogP contribution in [0.25, 0.3) is 0 Å². The molecule has 1 aliphatic heterocycles. The van der Waals surface area contributed by atoms with Crippen LogP contribution < -0.4 is 0 Å². The lowest BCUT2D eigenvalue weighted by Gasteiger charge is -2.33. The molecular weight excluding hydrogens is 312 g/mol. The van der Waals surface area contributed by atoms with E-state index in [0.29, 0.717) is 0 Å². The molecule has 0 fully saturated rings. The average Bonchev–Trinajstić information content (AvgIpc) is 2.38. The predicted octanol–water partition coefficient (Wildman–Crippen LogP) is 0.216. The largest absolute Gasteiger partial charge is 0.463 e. The third-order valence-electron chi connectivity index (χ3n) is 2.51. The summed E-state index contributed by atoms with van der Waals surface area (Å²) in [5, 5.41) is 0. The summed E-state index contributed by atoms with van der Waals surface area (Å²) in [6.07, 6.45) is -1.95. The Balaban J connectivity index is 3.03. The molecule has 0 bridgehead atoms. The number of esters is 4. The van der Waals surface area contributed by atoms with Gasteiger partial charge in [-0.1, -0.05) is 0 Å². The summed E-state index contributed by atoms with van der Waals surface area (Å²) in [4.78, 5) is 44.4. The van der Waals surface area contributed by atoms with Gasteiger partial charge in [0, 0.05) is 33.8 Å². The topological polar surface area (TPSA) is 114 Å². The number of carbonyl (C=O) groups is 4. The normalized spacial score (nSPS) is 23.3. The van der Waals surface area contributed by atoms with Crippen LogP contribution in [0.3, 0.4) is 0 Å². The highest BCUT2D eigenvalue weighted by atomic mass is 16.7. The molecule has 0 amide bonds. The standard InChI is InChI=1S/C14H18O9/c1-7(15)19-6-13-11(20-8(2)16)5-12(21-9(3)17)14(23-13)22-10(4)18/h5,11,13-14H,6H2,1-4H3/t11-,13+,14?/m0/s1. The Labute approximate surface area is 132 Å². The Kier molecular flexibility index (Phi) is 6.70. The molecule has 9 nitrogen and oxygen atoms in total. The van der Waals surface area contributed by atoms with Crippen molar-refractivity contribution >= 4 is 23.9 Å². The molecule has 1 unspecified atom stereocenters. The molecular formula is C14H18O9. The summed E-state index contributed by atoms with van der Waals surface area (Å²) < 4.78 is 25.1. The number of ether oxygens (including phenoxy) is 5. The molecule has 1 rings (SSSR count). The lowest BCUT2D eigenvalue weighted by molar-refractivity contribution is -0.215. The quantitative estimate of drug-likeness (QED) is 0.515. The monoisotopic (exact) mass is 330 g/mol. The first-order valence-corrected chi connectivity index (χ1v) is 6.72. The fourth-order valence-corrected chi connectivity index (χ4v) is 1.77. The molecule has 128 valence electrons. The molecule has 3 atom stereocenters. The minimum Gasteiger partial charge on any atom is -0.463 e. The van der Waals surface area contributed by atoms with Crippen LogP contribution in [-0.4, -0.2) is 49.0 Å². The van der Waals surface area contributed by atoms with Crippen molar-refractivity contribution in [2.24, 2.45) is 0 Å². The van der Waals surface area contributed by atoms with Crippen molar-refractivity contribution in [2.75, 3.05) is 6.61 Å². The van der Waals surface area contributed by atoms with Crippen molar-refractivity contribution in [1.29, 1.82) is 0 Å². The second kappa shape index (κ2) is 8.28. The van der Waals surface area contributed by atoms with Gasteiger partial charge >= 0.3 is 23.9 Å². The number of carbonyl (C=O) groups excluding carboxylic acids is 4. The lowest BCUT2D eigenvalue weighted by Crippen LogP contribution is -2.45. The van der Waals surface area contributed by atoms with Gasteiger partial charge in [0.15, 0.2) is 11.9 Å². The van der Waals surface area contributed by atoms with E-state index >= 15 is 0 Å². The van der Waals surface area contributed by atoms with E-state index in [-0.39, 0.29) is 12.4 Å². The van der Waals surface area contributed by atoms with Gasteiger partial charge in [-0.05, 0) is 0 Å². The Morgan fingerprint density at radius 3 is 2.04 bits per heavy atom. The van der Waals surface area contributed by atoms with Crippen molar-refractivity contribution in [1.82, 2.24) is 0 Å². The predicted molar refractivity (Wildman–Crippen MR) is 72.5 cm³/mol. The molecule has 0 aromatic carbocycles. The van der Waals surface area contributed by atoms with Crippen LogP contribution in [0.1, 0.15) is 27.7 Å². The van der Waals surface area contributed by atoms with Gasteiger partial charge in [0.05, 0.1) is 0 Å². The molecule has 1 aliphatic rings. The Hall–Kier alpha value is -2.42. The van der Waals surface area contributed by atoms with E-state index in [2.05, 4.69) is 0 Å². The second-order valence-corrected chi connectivity index (χ2v) is 4.66. The van der Waals surface area contributed by atoms with E-state index in [1.54, 1.807) is 0 Å². The molecule has 0 aromatic rings. The van der Waals surface area contributed by atoms with Crippen LogP contribution in [0, 0.1) is 0 Å². The zero-order valence-corrected chi connectivity index (χ0v) is 13.2. The third-order valence-corrected chi connectivity index (χ3v) is 2.51. The van der Waals surface area contributed by atoms with Crippen LogP contribution in [0.5, 0.6) is 0 Å². The van der Waals surface area contributed by atoms with Gasteiger partial charge < -0.3 is 23.7 Å². The average molecular weight is 330 g/mol. The van der Waals surface area contributed by atoms with Gasteiger partial charge in [0.25, 0.3) is 6.29 Å². The summed E-state index contributed by atoms with van der Waals surface area (Å²) in [7, 11) is 0. The summed E-state index contributed by atoms with van der Waals surface area (Å²) >= 11 is 0. The maximum absolute atomic E-state index is 11.2. The maximum Gasteiger partial charge on any atom is 0.307 e. The Bertz CT molecular complexity index is 522. The zero-order chi connectivity index (χ0) is 17.6. The van der Waals surface area contributed by atoms with Gasteiger partial charge in [-0.15, -0.1) is 0 Å². The summed E-state index contributed by atoms with van der Waals surface area (Å²) in [6, 6.07) is 0. The number of rotatable bonds is 5. The molecule has 0 aliphatic carbocycles. The van der Waals surface area contributed by atoms with E-state index in [4.69, 9.17) is 23.7 Å². The third kappa shape index (κ3) is 6.47. The fourth-order valence-electron chi connectivity index (χ4n) is 1.77. The maximum atomic E-state index is 11.2. The highest BCUT2D eigenvalue weighted by molar-refractivity contribution is 5.69. The van der Waals surface area contributed by atoms with Gasteiger partial charge in [-0.25, -0.2) is 0 Å². The van der Waals surface area contributed by atoms with Gasteiger partial charge in [0.1, 0.15) is 12.7 Å². The molecule has 0 saturated heterocycles. The van der Waals surface area contributed by atoms with E-state index in [9.17, 15) is 19.2 Å². The van der Waals surface area contributed by atoms with Crippen LogP contribution >= 0.6 is 0 Å². The van der Waals surface area contributed by atoms with Crippen LogP contribution in [0.15, 0.2) is 11.8 Å². The van der Waals surface area contributed by atoms with E-state index in [0.717, 1.165) is 13.8 Å². The first-order chi connectivity index (χ1) is 10.7. The fraction of sp³-hybridized carbons (Fsp3) is 0.571. The number of hydrogen-bond acceptors (Lipinski definition) is 9. The van der Waals surface area contributed by atoms with Crippen LogP contribution in [0.4, 0.5) is 0 Å². The minimum atomic E-state index is -1.32. The van der Waals surface area contributed by atoms with Gasteiger partial charge in [-0.3, -0.25) is 19.2 Å². The highest BCUT2D eigenvalue weighted by Gasteiger charge is 2.38. The molecule has 0 radical (unpaired) electrons. The van der Waals surface area contributed by atoms with Crippen LogP contribution in [0.2, 0.25) is 0 Å². The zero-order valence-electron chi connectivity index (χ0n) is 13.2. The lowest BCUT2D eigenvalue weighted by atomic mass is 10.1. The molecule has 0 saturated carbocycles. The van der Waals surface area contributed by atoms with Crippen molar-refractivity contribution in [2.45, 2.75) is 46.2 Å². The first-order valence-electron chi connectivity index (χ1n) is 6.72. The molecule has 23 heavy (non-hydrogen) atoms. The van der Waals surface area contributed by atoms with E-state index in [1.165, 1.54) is 19.9 Å². The molecule has 0 spiro atoms. The summed E-state index contributed by atoms with van der Waals surface area (Å²) in [6.45, 7) is 4.44.